The highest BCUT2D eigenvalue weighted by Crippen LogP contribution is 2.23. The Morgan fingerprint density at radius 2 is 2.10 bits per heavy atom. The molecule has 0 aliphatic heterocycles. The Bertz CT molecular complexity index is 544. The number of methoxy groups -OCH3 is 1. The van der Waals surface area contributed by atoms with Crippen LogP contribution in [0.2, 0.25) is 0 Å². The SMILES string of the molecule is COC1CCC(Nc2ncc(C(N)=O)c(S(C)=O)n2)CC1. The molecule has 1 atom stereocenters. The number of carbonyl (C=O) groups excluding carboxylic acids is 1. The zero-order valence-electron chi connectivity index (χ0n) is 12.2. The van der Waals surface area contributed by atoms with Gasteiger partial charge in [-0.15, -0.1) is 0 Å². The second-order valence-corrected chi connectivity index (χ2v) is 6.38. The molecule has 8 heteroatoms. The lowest BCUT2D eigenvalue weighted by molar-refractivity contribution is 0.0681. The van der Waals surface area contributed by atoms with Gasteiger partial charge in [0.25, 0.3) is 5.91 Å². The number of hydrogen-bond acceptors (Lipinski definition) is 6. The van der Waals surface area contributed by atoms with E-state index in [1.54, 1.807) is 7.11 Å². The average Bonchev–Trinajstić information content (AvgIpc) is 2.47. The van der Waals surface area contributed by atoms with Crippen LogP contribution in [0, 0.1) is 0 Å². The molecule has 1 saturated carbocycles. The molecule has 0 radical (unpaired) electrons. The molecule has 7 nitrogen and oxygen atoms in total. The minimum absolute atomic E-state index is 0.101. The number of amides is 1. The summed E-state index contributed by atoms with van der Waals surface area (Å²) in [5.74, 6) is -0.293. The molecule has 1 aliphatic carbocycles. The van der Waals surface area contributed by atoms with Crippen LogP contribution in [0.25, 0.3) is 0 Å². The van der Waals surface area contributed by atoms with Crippen LogP contribution >= 0.6 is 0 Å². The lowest BCUT2D eigenvalue weighted by atomic mass is 9.93. The van der Waals surface area contributed by atoms with Crippen molar-refractivity contribution in [1.29, 1.82) is 0 Å². The fraction of sp³-hybridized carbons (Fsp3) is 0.615. The van der Waals surface area contributed by atoms with Gasteiger partial charge in [0, 0.05) is 25.6 Å². The van der Waals surface area contributed by atoms with Crippen LogP contribution in [0.5, 0.6) is 0 Å². The zero-order chi connectivity index (χ0) is 15.4. The van der Waals surface area contributed by atoms with Gasteiger partial charge in [-0.3, -0.25) is 9.00 Å². The highest BCUT2D eigenvalue weighted by atomic mass is 32.2. The number of rotatable bonds is 5. The third kappa shape index (κ3) is 3.98. The maximum absolute atomic E-state index is 11.7. The summed E-state index contributed by atoms with van der Waals surface area (Å²) in [4.78, 5) is 19.5. The second-order valence-electron chi connectivity index (χ2n) is 5.08. The number of primary amides is 1. The van der Waals surface area contributed by atoms with Gasteiger partial charge in [0.1, 0.15) is 5.03 Å². The normalized spacial score (nSPS) is 23.5. The van der Waals surface area contributed by atoms with Crippen molar-refractivity contribution >= 4 is 22.7 Å². The molecule has 0 bridgehead atoms. The summed E-state index contributed by atoms with van der Waals surface area (Å²) in [5.41, 5.74) is 5.33. The lowest BCUT2D eigenvalue weighted by Crippen LogP contribution is -2.30. The summed E-state index contributed by atoms with van der Waals surface area (Å²) in [6.07, 6.45) is 7.01. The second kappa shape index (κ2) is 6.95. The van der Waals surface area contributed by atoms with Crippen molar-refractivity contribution in [2.45, 2.75) is 42.9 Å². The van der Waals surface area contributed by atoms with Gasteiger partial charge in [-0.05, 0) is 25.7 Å². The number of nitrogens with zero attached hydrogens (tertiary/aromatic N) is 2. The van der Waals surface area contributed by atoms with Gasteiger partial charge in [-0.2, -0.15) is 0 Å². The van der Waals surface area contributed by atoms with Crippen molar-refractivity contribution in [2.75, 3.05) is 18.7 Å². The fourth-order valence-corrected chi connectivity index (χ4v) is 3.13. The van der Waals surface area contributed by atoms with Crippen molar-refractivity contribution in [2.24, 2.45) is 5.73 Å². The Kier molecular flexibility index (Phi) is 5.24. The fourth-order valence-electron chi connectivity index (χ4n) is 2.45. The Balaban J connectivity index is 2.09. The highest BCUT2D eigenvalue weighted by Gasteiger charge is 2.22. The van der Waals surface area contributed by atoms with E-state index in [0.29, 0.717) is 12.1 Å². The molecule has 3 N–H and O–H groups in total. The average molecular weight is 312 g/mol. The van der Waals surface area contributed by atoms with Crippen molar-refractivity contribution in [3.05, 3.63) is 11.8 Å². The van der Waals surface area contributed by atoms with Crippen molar-refractivity contribution in [1.82, 2.24) is 9.97 Å². The van der Waals surface area contributed by atoms with Crippen LogP contribution in [-0.4, -0.2) is 45.6 Å². The Morgan fingerprint density at radius 1 is 1.43 bits per heavy atom. The van der Waals surface area contributed by atoms with Gasteiger partial charge in [0.05, 0.1) is 22.5 Å². The van der Waals surface area contributed by atoms with E-state index in [0.717, 1.165) is 25.7 Å². The van der Waals surface area contributed by atoms with Crippen LogP contribution in [-0.2, 0) is 15.5 Å². The molecule has 1 aromatic heterocycles. The third-order valence-corrected chi connectivity index (χ3v) is 4.49. The predicted octanol–water partition coefficient (Wildman–Crippen LogP) is 0.682. The van der Waals surface area contributed by atoms with Crippen molar-refractivity contribution in [3.8, 4) is 0 Å². The van der Waals surface area contributed by atoms with Gasteiger partial charge in [-0.1, -0.05) is 0 Å². The molecular formula is C13H20N4O3S. The molecule has 1 amide bonds. The molecular weight excluding hydrogens is 292 g/mol. The van der Waals surface area contributed by atoms with Crippen molar-refractivity contribution < 1.29 is 13.7 Å². The number of aromatic nitrogens is 2. The van der Waals surface area contributed by atoms with Crippen LogP contribution < -0.4 is 11.1 Å². The van der Waals surface area contributed by atoms with Gasteiger partial charge in [0.2, 0.25) is 5.95 Å². The summed E-state index contributed by atoms with van der Waals surface area (Å²) in [7, 11) is 0.332. The van der Waals surface area contributed by atoms with Crippen LogP contribution in [0.4, 0.5) is 5.95 Å². The largest absolute Gasteiger partial charge is 0.381 e. The van der Waals surface area contributed by atoms with Crippen LogP contribution in [0.15, 0.2) is 11.2 Å². The monoisotopic (exact) mass is 312 g/mol. The first-order valence-corrected chi connectivity index (χ1v) is 8.36. The van der Waals surface area contributed by atoms with Crippen LogP contribution in [0.1, 0.15) is 36.0 Å². The maximum atomic E-state index is 11.7. The first-order valence-electron chi connectivity index (χ1n) is 6.81. The number of ether oxygens (including phenoxy) is 1. The number of nitrogens with two attached hydrogens (primary N) is 1. The molecule has 116 valence electrons. The zero-order valence-corrected chi connectivity index (χ0v) is 13.0. The molecule has 0 spiro atoms. The number of carbonyl (C=O) groups is 1. The molecule has 1 heterocycles. The van der Waals surface area contributed by atoms with Gasteiger partial charge >= 0.3 is 0 Å². The van der Waals surface area contributed by atoms with E-state index in [9.17, 15) is 9.00 Å². The maximum Gasteiger partial charge on any atom is 0.253 e. The number of nitrogens with one attached hydrogen (secondary N) is 1. The van der Waals surface area contributed by atoms with E-state index < -0.39 is 16.7 Å². The summed E-state index contributed by atoms with van der Waals surface area (Å²) < 4.78 is 17.0. The highest BCUT2D eigenvalue weighted by molar-refractivity contribution is 7.84. The van der Waals surface area contributed by atoms with E-state index >= 15 is 0 Å². The molecule has 1 unspecified atom stereocenters. The van der Waals surface area contributed by atoms with Crippen molar-refractivity contribution in [3.63, 3.8) is 0 Å². The van der Waals surface area contributed by atoms with E-state index in [-0.39, 0.29) is 16.6 Å². The summed E-state index contributed by atoms with van der Waals surface area (Å²) >= 11 is 0. The molecule has 1 aliphatic rings. The summed E-state index contributed by atoms with van der Waals surface area (Å²) in [6, 6.07) is 0.258. The predicted molar refractivity (Wildman–Crippen MR) is 79.6 cm³/mol. The first-order chi connectivity index (χ1) is 10.0. The molecule has 21 heavy (non-hydrogen) atoms. The third-order valence-electron chi connectivity index (χ3n) is 3.63. The summed E-state index contributed by atoms with van der Waals surface area (Å²) in [6.45, 7) is 0. The lowest BCUT2D eigenvalue weighted by Gasteiger charge is -2.28. The van der Waals surface area contributed by atoms with E-state index in [4.69, 9.17) is 10.5 Å². The number of anilines is 1. The van der Waals surface area contributed by atoms with E-state index in [1.165, 1.54) is 12.5 Å². The molecule has 1 fully saturated rings. The number of hydrogen-bond donors (Lipinski definition) is 2. The van der Waals surface area contributed by atoms with Crippen LogP contribution in [0.3, 0.4) is 0 Å². The first kappa shape index (κ1) is 15.8. The quantitative estimate of drug-likeness (QED) is 0.774. The Morgan fingerprint density at radius 3 is 2.62 bits per heavy atom. The van der Waals surface area contributed by atoms with E-state index in [2.05, 4.69) is 15.3 Å². The van der Waals surface area contributed by atoms with Gasteiger partial charge in [0.15, 0.2) is 0 Å². The van der Waals surface area contributed by atoms with Gasteiger partial charge in [-0.25, -0.2) is 9.97 Å². The van der Waals surface area contributed by atoms with E-state index in [1.807, 2.05) is 0 Å². The summed E-state index contributed by atoms with van der Waals surface area (Å²) in [5, 5.41) is 3.39. The minimum Gasteiger partial charge on any atom is -0.381 e. The standard InChI is InChI=1S/C13H20N4O3S/c1-20-9-5-3-8(4-6-9)16-13-15-7-10(11(14)18)12(17-13)21(2)19/h7-9H,3-6H2,1-2H3,(H2,14,18)(H,15,16,17). The minimum atomic E-state index is -1.40. The topological polar surface area (TPSA) is 107 Å². The molecule has 2 rings (SSSR count). The smallest absolute Gasteiger partial charge is 0.253 e. The molecule has 0 aromatic carbocycles. The Labute approximate surface area is 126 Å². The Hall–Kier alpha value is -1.54. The van der Waals surface area contributed by atoms with Gasteiger partial charge < -0.3 is 15.8 Å². The molecule has 1 aromatic rings. The molecule has 0 saturated heterocycles.